The molecule has 0 aliphatic carbocycles. The second-order valence-electron chi connectivity index (χ2n) is 4.36. The third-order valence-electron chi connectivity index (χ3n) is 2.97. The molecule has 2 aromatic rings. The fourth-order valence-electron chi connectivity index (χ4n) is 1.85. The number of carbonyl (C=O) groups is 2. The number of amides is 1. The molecule has 6 heteroatoms. The van der Waals surface area contributed by atoms with Gasteiger partial charge in [-0.25, -0.2) is 4.79 Å². The van der Waals surface area contributed by atoms with E-state index in [0.29, 0.717) is 10.6 Å². The first-order valence-corrected chi connectivity index (χ1v) is 7.16. The SMILES string of the molecule is Cc1c(Br)cccc1C(=O)Nc1cc(Cl)ccc1C(=O)O. The van der Waals surface area contributed by atoms with Crippen LogP contribution in [0.1, 0.15) is 26.3 Å². The summed E-state index contributed by atoms with van der Waals surface area (Å²) in [6.07, 6.45) is 0. The molecule has 21 heavy (non-hydrogen) atoms. The van der Waals surface area contributed by atoms with E-state index in [1.807, 2.05) is 6.07 Å². The van der Waals surface area contributed by atoms with E-state index in [2.05, 4.69) is 21.2 Å². The summed E-state index contributed by atoms with van der Waals surface area (Å²) in [5.41, 5.74) is 1.38. The van der Waals surface area contributed by atoms with Gasteiger partial charge < -0.3 is 10.4 Å². The normalized spacial score (nSPS) is 10.2. The molecule has 0 spiro atoms. The molecule has 2 rings (SSSR count). The Balaban J connectivity index is 2.38. The lowest BCUT2D eigenvalue weighted by atomic mass is 10.1. The molecule has 0 saturated heterocycles. The number of halogens is 2. The summed E-state index contributed by atoms with van der Waals surface area (Å²) in [7, 11) is 0. The summed E-state index contributed by atoms with van der Waals surface area (Å²) in [5.74, 6) is -1.52. The van der Waals surface area contributed by atoms with Crippen LogP contribution in [0.15, 0.2) is 40.9 Å². The summed E-state index contributed by atoms with van der Waals surface area (Å²) >= 11 is 9.21. The van der Waals surface area contributed by atoms with Crippen LogP contribution >= 0.6 is 27.5 Å². The molecule has 0 aromatic heterocycles. The molecular weight excluding hydrogens is 358 g/mol. The van der Waals surface area contributed by atoms with Gasteiger partial charge >= 0.3 is 5.97 Å². The summed E-state index contributed by atoms with van der Waals surface area (Å²) in [6, 6.07) is 9.46. The fourth-order valence-corrected chi connectivity index (χ4v) is 2.39. The van der Waals surface area contributed by atoms with Gasteiger partial charge in [-0.3, -0.25) is 4.79 Å². The van der Waals surface area contributed by atoms with Crippen molar-refractivity contribution < 1.29 is 14.7 Å². The summed E-state index contributed by atoms with van der Waals surface area (Å²) in [5, 5.41) is 12.1. The first-order chi connectivity index (χ1) is 9.90. The Morgan fingerprint density at radius 2 is 1.90 bits per heavy atom. The number of carbonyl (C=O) groups excluding carboxylic acids is 1. The molecule has 0 fully saturated rings. The highest BCUT2D eigenvalue weighted by Crippen LogP contribution is 2.24. The lowest BCUT2D eigenvalue weighted by molar-refractivity contribution is 0.0698. The zero-order valence-corrected chi connectivity index (χ0v) is 13.3. The molecule has 0 atom stereocenters. The maximum Gasteiger partial charge on any atom is 0.337 e. The lowest BCUT2D eigenvalue weighted by Crippen LogP contribution is -2.16. The third-order valence-corrected chi connectivity index (χ3v) is 4.07. The second-order valence-corrected chi connectivity index (χ2v) is 5.65. The maximum atomic E-state index is 12.3. The van der Waals surface area contributed by atoms with Crippen LogP contribution < -0.4 is 5.32 Å². The first-order valence-electron chi connectivity index (χ1n) is 5.99. The van der Waals surface area contributed by atoms with Crippen molar-refractivity contribution in [3.05, 3.63) is 62.6 Å². The van der Waals surface area contributed by atoms with Crippen LogP contribution in [0.4, 0.5) is 5.69 Å². The number of carboxylic acid groups (broad SMARTS) is 1. The van der Waals surface area contributed by atoms with E-state index < -0.39 is 11.9 Å². The van der Waals surface area contributed by atoms with Crippen LogP contribution in [0.5, 0.6) is 0 Å². The first kappa shape index (κ1) is 15.5. The number of hydrogen-bond donors (Lipinski definition) is 2. The van der Waals surface area contributed by atoms with Gasteiger partial charge in [0.15, 0.2) is 0 Å². The Labute approximate surface area is 134 Å². The smallest absolute Gasteiger partial charge is 0.337 e. The zero-order valence-electron chi connectivity index (χ0n) is 11.0. The van der Waals surface area contributed by atoms with Gasteiger partial charge in [-0.05, 0) is 42.8 Å². The molecule has 0 unspecified atom stereocenters. The average Bonchev–Trinajstić information content (AvgIpc) is 2.41. The molecule has 0 saturated carbocycles. The number of nitrogens with one attached hydrogen (secondary N) is 1. The van der Waals surface area contributed by atoms with Crippen LogP contribution in [-0.4, -0.2) is 17.0 Å². The molecule has 1 amide bonds. The van der Waals surface area contributed by atoms with Crippen LogP contribution in [0.25, 0.3) is 0 Å². The molecule has 2 aromatic carbocycles. The van der Waals surface area contributed by atoms with Gasteiger partial charge in [0.05, 0.1) is 11.3 Å². The molecule has 0 radical (unpaired) electrons. The average molecular weight is 369 g/mol. The number of carboxylic acids is 1. The van der Waals surface area contributed by atoms with Gasteiger partial charge in [0.1, 0.15) is 0 Å². The fraction of sp³-hybridized carbons (Fsp3) is 0.0667. The molecule has 4 nitrogen and oxygen atoms in total. The second kappa shape index (κ2) is 6.28. The minimum absolute atomic E-state index is 0.0135. The third kappa shape index (κ3) is 3.43. The maximum absolute atomic E-state index is 12.3. The van der Waals surface area contributed by atoms with Gasteiger partial charge in [0.25, 0.3) is 5.91 Å². The van der Waals surface area contributed by atoms with Gasteiger partial charge in [0.2, 0.25) is 0 Å². The topological polar surface area (TPSA) is 66.4 Å². The van der Waals surface area contributed by atoms with Crippen LogP contribution in [0.3, 0.4) is 0 Å². The highest BCUT2D eigenvalue weighted by Gasteiger charge is 2.16. The van der Waals surface area contributed by atoms with E-state index in [9.17, 15) is 9.59 Å². The number of hydrogen-bond acceptors (Lipinski definition) is 2. The summed E-state index contributed by atoms with van der Waals surface area (Å²) in [6.45, 7) is 1.80. The predicted octanol–water partition coefficient (Wildman–Crippen LogP) is 4.36. The van der Waals surface area contributed by atoms with Crippen LogP contribution in [0.2, 0.25) is 5.02 Å². The van der Waals surface area contributed by atoms with E-state index in [0.717, 1.165) is 10.0 Å². The highest BCUT2D eigenvalue weighted by atomic mass is 79.9. The van der Waals surface area contributed by atoms with Crippen molar-refractivity contribution in [3.63, 3.8) is 0 Å². The van der Waals surface area contributed by atoms with Gasteiger partial charge in [0, 0.05) is 15.1 Å². The summed E-state index contributed by atoms with van der Waals surface area (Å²) < 4.78 is 0.805. The largest absolute Gasteiger partial charge is 0.478 e. The van der Waals surface area contributed by atoms with E-state index in [-0.39, 0.29) is 11.3 Å². The Kier molecular flexibility index (Phi) is 4.65. The summed E-state index contributed by atoms with van der Waals surface area (Å²) in [4.78, 5) is 23.5. The lowest BCUT2D eigenvalue weighted by Gasteiger charge is -2.11. The van der Waals surface area contributed by atoms with Crippen LogP contribution in [-0.2, 0) is 0 Å². The predicted molar refractivity (Wildman–Crippen MR) is 85.2 cm³/mol. The molecule has 0 bridgehead atoms. The highest BCUT2D eigenvalue weighted by molar-refractivity contribution is 9.10. The molecule has 2 N–H and O–H groups in total. The van der Waals surface area contributed by atoms with Crippen molar-refractivity contribution in [3.8, 4) is 0 Å². The van der Waals surface area contributed by atoms with Crippen molar-refractivity contribution in [1.29, 1.82) is 0 Å². The quantitative estimate of drug-likeness (QED) is 0.846. The Hall–Kier alpha value is -1.85. The van der Waals surface area contributed by atoms with Crippen molar-refractivity contribution in [2.24, 2.45) is 0 Å². The Morgan fingerprint density at radius 1 is 1.19 bits per heavy atom. The minimum atomic E-state index is -1.13. The zero-order chi connectivity index (χ0) is 15.6. The molecule has 0 aliphatic heterocycles. The van der Waals surface area contributed by atoms with Crippen molar-refractivity contribution >= 4 is 45.1 Å². The molecule has 0 aliphatic rings. The Bertz CT molecular complexity index is 731. The molecule has 0 heterocycles. The number of anilines is 1. The number of rotatable bonds is 3. The molecular formula is C15H11BrClNO3. The van der Waals surface area contributed by atoms with E-state index in [1.54, 1.807) is 19.1 Å². The van der Waals surface area contributed by atoms with Gasteiger partial charge in [-0.1, -0.05) is 33.6 Å². The van der Waals surface area contributed by atoms with E-state index >= 15 is 0 Å². The van der Waals surface area contributed by atoms with Crippen molar-refractivity contribution in [2.45, 2.75) is 6.92 Å². The van der Waals surface area contributed by atoms with Crippen LogP contribution in [0, 0.1) is 6.92 Å². The van der Waals surface area contributed by atoms with E-state index in [1.165, 1.54) is 18.2 Å². The minimum Gasteiger partial charge on any atom is -0.478 e. The number of aromatic carboxylic acids is 1. The standard InChI is InChI=1S/C15H11BrClNO3/c1-8-10(3-2-4-12(8)16)14(19)18-13-7-9(17)5-6-11(13)15(20)21/h2-7H,1H3,(H,18,19)(H,20,21). The van der Waals surface area contributed by atoms with E-state index in [4.69, 9.17) is 16.7 Å². The van der Waals surface area contributed by atoms with Gasteiger partial charge in [-0.2, -0.15) is 0 Å². The van der Waals surface area contributed by atoms with Crippen molar-refractivity contribution in [1.82, 2.24) is 0 Å². The Morgan fingerprint density at radius 3 is 2.57 bits per heavy atom. The monoisotopic (exact) mass is 367 g/mol. The number of benzene rings is 2. The van der Waals surface area contributed by atoms with Crippen molar-refractivity contribution in [2.75, 3.05) is 5.32 Å². The van der Waals surface area contributed by atoms with Gasteiger partial charge in [-0.15, -0.1) is 0 Å². The molecule has 108 valence electrons.